The van der Waals surface area contributed by atoms with Gasteiger partial charge >= 0.3 is 0 Å². The van der Waals surface area contributed by atoms with Gasteiger partial charge in [0.1, 0.15) is 0 Å². The molecule has 8 heteroatoms. The van der Waals surface area contributed by atoms with Crippen LogP contribution in [0.5, 0.6) is 0 Å². The first-order valence-electron chi connectivity index (χ1n) is 5.96. The minimum absolute atomic E-state index is 0.377. The summed E-state index contributed by atoms with van der Waals surface area (Å²) in [6.07, 6.45) is 0. The zero-order valence-corrected chi connectivity index (χ0v) is 12.3. The molecule has 3 aromatic rings. The Morgan fingerprint density at radius 2 is 1.24 bits per heavy atom. The van der Waals surface area contributed by atoms with E-state index in [1.54, 1.807) is 48.5 Å². The second-order valence-electron chi connectivity index (χ2n) is 4.61. The van der Waals surface area contributed by atoms with E-state index >= 15 is 0 Å². The average molecular weight is 325 g/mol. The maximum Gasteiger partial charge on any atom is 0.281 e. The van der Waals surface area contributed by atoms with E-state index in [0.29, 0.717) is 21.8 Å². The van der Waals surface area contributed by atoms with Gasteiger partial charge in [-0.3, -0.25) is 4.55 Å². The van der Waals surface area contributed by atoms with Crippen molar-refractivity contribution in [3.05, 3.63) is 48.5 Å². The largest absolute Gasteiger partial charge is 0.285 e. The summed E-state index contributed by atoms with van der Waals surface area (Å²) >= 11 is 0. The van der Waals surface area contributed by atoms with E-state index in [2.05, 4.69) is 0 Å². The Hall–Kier alpha value is -1.90. The Bertz CT molecular complexity index is 995. The van der Waals surface area contributed by atoms with Crippen LogP contribution in [0.1, 0.15) is 0 Å². The Kier molecular flexibility index (Phi) is 3.05. The Morgan fingerprint density at radius 1 is 0.810 bits per heavy atom. The number of fused-ring (bicyclic) bond motifs is 3. The molecule has 0 bridgehead atoms. The van der Waals surface area contributed by atoms with Crippen LogP contribution >= 0.6 is 0 Å². The molecule has 0 aliphatic rings. The van der Waals surface area contributed by atoms with E-state index in [9.17, 15) is 16.8 Å². The van der Waals surface area contributed by atoms with E-state index in [-0.39, 0.29) is 0 Å². The third-order valence-corrected chi connectivity index (χ3v) is 6.44. The van der Waals surface area contributed by atoms with Crippen LogP contribution in [0.4, 0.5) is 0 Å². The van der Waals surface area contributed by atoms with Crippen LogP contribution in [0, 0.1) is 0 Å². The van der Waals surface area contributed by atoms with Crippen LogP contribution < -0.4 is 0 Å². The first-order chi connectivity index (χ1) is 9.80. The normalized spacial score (nSPS) is 13.0. The fraction of sp³-hybridized carbons (Fsp3) is 0.0769. The average Bonchev–Trinajstić information content (AvgIpc) is 2.71. The quantitative estimate of drug-likeness (QED) is 0.741. The molecule has 0 aliphatic carbocycles. The fourth-order valence-corrected chi connectivity index (χ4v) is 5.27. The van der Waals surface area contributed by atoms with Crippen molar-refractivity contribution in [1.29, 1.82) is 0 Å². The number of para-hydroxylation sites is 2. The lowest BCUT2D eigenvalue weighted by Gasteiger charge is -2.07. The highest BCUT2D eigenvalue weighted by molar-refractivity contribution is 8.05. The Morgan fingerprint density at radius 3 is 1.67 bits per heavy atom. The van der Waals surface area contributed by atoms with Crippen molar-refractivity contribution in [2.75, 3.05) is 5.08 Å². The van der Waals surface area contributed by atoms with Crippen molar-refractivity contribution in [2.24, 2.45) is 0 Å². The number of aromatic nitrogens is 1. The van der Waals surface area contributed by atoms with Crippen molar-refractivity contribution in [3.63, 3.8) is 0 Å². The molecule has 110 valence electrons. The summed E-state index contributed by atoms with van der Waals surface area (Å²) < 4.78 is 56.5. The second-order valence-corrected chi connectivity index (χ2v) is 8.25. The van der Waals surface area contributed by atoms with Crippen molar-refractivity contribution < 1.29 is 21.4 Å². The van der Waals surface area contributed by atoms with Gasteiger partial charge in [-0.05, 0) is 12.1 Å². The summed E-state index contributed by atoms with van der Waals surface area (Å²) in [4.78, 5) is 0. The minimum Gasteiger partial charge on any atom is -0.285 e. The molecule has 2 aromatic carbocycles. The molecular formula is C13H11NO5S2. The van der Waals surface area contributed by atoms with Gasteiger partial charge in [0.05, 0.1) is 11.0 Å². The Balaban J connectivity index is 2.46. The van der Waals surface area contributed by atoms with Crippen LogP contribution in [0.3, 0.4) is 0 Å². The number of hydrogen-bond acceptors (Lipinski definition) is 4. The zero-order chi connectivity index (χ0) is 15.3. The lowest BCUT2D eigenvalue weighted by Crippen LogP contribution is -2.22. The van der Waals surface area contributed by atoms with Crippen molar-refractivity contribution in [1.82, 2.24) is 3.97 Å². The zero-order valence-electron chi connectivity index (χ0n) is 10.7. The van der Waals surface area contributed by atoms with Crippen LogP contribution in [-0.4, -0.2) is 30.4 Å². The Labute approximate surface area is 121 Å². The van der Waals surface area contributed by atoms with Crippen LogP contribution in [0.25, 0.3) is 21.8 Å². The third-order valence-electron chi connectivity index (χ3n) is 3.11. The molecule has 0 saturated heterocycles. The molecule has 1 aromatic heterocycles. The molecule has 21 heavy (non-hydrogen) atoms. The highest BCUT2D eigenvalue weighted by Crippen LogP contribution is 2.30. The molecule has 0 amide bonds. The summed E-state index contributed by atoms with van der Waals surface area (Å²) in [5.74, 6) is 0. The van der Waals surface area contributed by atoms with Crippen molar-refractivity contribution in [2.45, 2.75) is 0 Å². The van der Waals surface area contributed by atoms with Gasteiger partial charge in [-0.1, -0.05) is 36.4 Å². The van der Waals surface area contributed by atoms with E-state index in [1.807, 2.05) is 0 Å². The molecular weight excluding hydrogens is 314 g/mol. The first kappa shape index (κ1) is 14.1. The molecule has 1 heterocycles. The standard InChI is InChI=1S/C13H11NO5S2/c15-20(16,9-21(17,18)19)14-12-7-3-1-5-10(12)11-6-2-4-8-13(11)14/h1-8H,9H2,(H,17,18,19). The number of benzene rings is 2. The summed E-state index contributed by atoms with van der Waals surface area (Å²) in [5, 5.41) is 0.0434. The van der Waals surface area contributed by atoms with Crippen LogP contribution in [0.15, 0.2) is 48.5 Å². The molecule has 0 radical (unpaired) electrons. The van der Waals surface area contributed by atoms with Gasteiger partial charge in [-0.25, -0.2) is 12.4 Å². The molecule has 1 N–H and O–H groups in total. The van der Waals surface area contributed by atoms with E-state index in [4.69, 9.17) is 4.55 Å². The topological polar surface area (TPSA) is 93.4 Å². The molecule has 6 nitrogen and oxygen atoms in total. The van der Waals surface area contributed by atoms with Crippen LogP contribution in [-0.2, 0) is 20.1 Å². The highest BCUT2D eigenvalue weighted by atomic mass is 32.3. The van der Waals surface area contributed by atoms with Crippen molar-refractivity contribution >= 4 is 41.9 Å². The summed E-state index contributed by atoms with van der Waals surface area (Å²) in [7, 11) is -8.90. The molecule has 3 rings (SSSR count). The predicted molar refractivity (Wildman–Crippen MR) is 80.2 cm³/mol. The van der Waals surface area contributed by atoms with Gasteiger partial charge in [-0.2, -0.15) is 8.42 Å². The highest BCUT2D eigenvalue weighted by Gasteiger charge is 2.26. The van der Waals surface area contributed by atoms with Crippen LogP contribution in [0.2, 0.25) is 0 Å². The minimum atomic E-state index is -4.65. The molecule has 0 unspecified atom stereocenters. The maximum atomic E-state index is 12.4. The molecule has 0 spiro atoms. The smallest absolute Gasteiger partial charge is 0.281 e. The van der Waals surface area contributed by atoms with Gasteiger partial charge in [0.2, 0.25) is 0 Å². The summed E-state index contributed by atoms with van der Waals surface area (Å²) in [5.41, 5.74) is 0.754. The second kappa shape index (κ2) is 4.55. The first-order valence-corrected chi connectivity index (χ1v) is 9.18. The van der Waals surface area contributed by atoms with E-state index in [1.165, 1.54) is 0 Å². The van der Waals surface area contributed by atoms with E-state index < -0.39 is 25.2 Å². The predicted octanol–water partition coefficient (Wildman–Crippen LogP) is 1.82. The lowest BCUT2D eigenvalue weighted by molar-refractivity contribution is 0.487. The molecule has 0 atom stereocenters. The number of rotatable bonds is 3. The van der Waals surface area contributed by atoms with Gasteiger partial charge < -0.3 is 0 Å². The fourth-order valence-electron chi connectivity index (χ4n) is 2.43. The van der Waals surface area contributed by atoms with Crippen molar-refractivity contribution in [3.8, 4) is 0 Å². The van der Waals surface area contributed by atoms with Gasteiger partial charge in [0.25, 0.3) is 20.1 Å². The SMILES string of the molecule is O=S(=O)(O)CS(=O)(=O)n1c2ccccc2c2ccccc21. The summed E-state index contributed by atoms with van der Waals surface area (Å²) in [6, 6.07) is 13.6. The number of hydrogen-bond donors (Lipinski definition) is 1. The molecule has 0 saturated carbocycles. The monoisotopic (exact) mass is 325 g/mol. The van der Waals surface area contributed by atoms with Gasteiger partial charge in [0.15, 0.2) is 5.08 Å². The third kappa shape index (κ3) is 2.41. The van der Waals surface area contributed by atoms with Gasteiger partial charge in [-0.15, -0.1) is 0 Å². The molecule has 0 fully saturated rings. The van der Waals surface area contributed by atoms with E-state index in [0.717, 1.165) is 3.97 Å². The summed E-state index contributed by atoms with van der Waals surface area (Å²) in [6.45, 7) is 0. The lowest BCUT2D eigenvalue weighted by atomic mass is 10.2. The number of nitrogens with zero attached hydrogens (tertiary/aromatic N) is 1. The van der Waals surface area contributed by atoms with Gasteiger partial charge in [0, 0.05) is 10.8 Å². The molecule has 0 aliphatic heterocycles. The maximum absolute atomic E-state index is 12.4.